The molecule has 6 heteroatoms. The smallest absolute Gasteiger partial charge is 0.143 e. The minimum absolute atomic E-state index is 0.753. The van der Waals surface area contributed by atoms with Gasteiger partial charge in [-0.15, -0.1) is 0 Å². The zero-order valence-corrected chi connectivity index (χ0v) is 14.0. The topological polar surface area (TPSA) is 56.1 Å². The highest BCUT2D eigenvalue weighted by molar-refractivity contribution is 7.18. The standard InChI is InChI=1S/C18H17N5S/c19-12-14-4-1-2-6-16(14)23-10-8-22(9-11-23)13-17-21-15-5-3-7-20-18(15)24-17/h1-7H,8-11,13H2. The SMILES string of the molecule is N#Cc1ccccc1N1CCN(Cc2nc3cccnc3s2)CC1. The third-order valence-electron chi connectivity index (χ3n) is 4.31. The average molecular weight is 335 g/mol. The van der Waals surface area contributed by atoms with Gasteiger partial charge in [-0.25, -0.2) is 9.97 Å². The lowest BCUT2D eigenvalue weighted by atomic mass is 10.1. The monoisotopic (exact) mass is 335 g/mol. The predicted octanol–water partition coefficient (Wildman–Crippen LogP) is 2.89. The van der Waals surface area contributed by atoms with Crippen LogP contribution in [0.25, 0.3) is 10.3 Å². The second kappa shape index (κ2) is 6.56. The van der Waals surface area contributed by atoms with Crippen LogP contribution in [0, 0.1) is 11.3 Å². The number of para-hydroxylation sites is 1. The molecule has 1 saturated heterocycles. The fraction of sp³-hybridized carbons (Fsp3) is 0.278. The summed E-state index contributed by atoms with van der Waals surface area (Å²) in [7, 11) is 0. The number of benzene rings is 1. The number of thiazole rings is 1. The number of anilines is 1. The predicted molar refractivity (Wildman–Crippen MR) is 96.1 cm³/mol. The summed E-state index contributed by atoms with van der Waals surface area (Å²) in [6.07, 6.45) is 1.82. The maximum Gasteiger partial charge on any atom is 0.143 e. The molecule has 1 aliphatic rings. The molecule has 1 aromatic carbocycles. The van der Waals surface area contributed by atoms with Crippen LogP contribution in [-0.4, -0.2) is 41.0 Å². The largest absolute Gasteiger partial charge is 0.368 e. The second-order valence-corrected chi connectivity index (χ2v) is 6.89. The molecule has 1 fully saturated rings. The summed E-state index contributed by atoms with van der Waals surface area (Å²) in [6.45, 7) is 4.69. The van der Waals surface area contributed by atoms with Gasteiger partial charge in [0, 0.05) is 32.4 Å². The molecular formula is C18H17N5S. The Morgan fingerprint density at radius 2 is 1.92 bits per heavy atom. The first kappa shape index (κ1) is 15.1. The van der Waals surface area contributed by atoms with Crippen LogP contribution in [0.15, 0.2) is 42.6 Å². The number of fused-ring (bicyclic) bond motifs is 1. The van der Waals surface area contributed by atoms with E-state index in [2.05, 4.69) is 25.8 Å². The van der Waals surface area contributed by atoms with Crippen molar-refractivity contribution in [2.24, 2.45) is 0 Å². The fourth-order valence-electron chi connectivity index (χ4n) is 3.06. The van der Waals surface area contributed by atoms with E-state index in [0.717, 1.165) is 59.3 Å². The Morgan fingerprint density at radius 3 is 2.71 bits per heavy atom. The summed E-state index contributed by atoms with van der Waals surface area (Å²) in [5.74, 6) is 0. The second-order valence-electron chi connectivity index (χ2n) is 5.83. The lowest BCUT2D eigenvalue weighted by Crippen LogP contribution is -2.46. The van der Waals surface area contributed by atoms with E-state index in [1.54, 1.807) is 11.3 Å². The van der Waals surface area contributed by atoms with E-state index < -0.39 is 0 Å². The maximum atomic E-state index is 9.27. The van der Waals surface area contributed by atoms with Gasteiger partial charge in [-0.05, 0) is 24.3 Å². The van der Waals surface area contributed by atoms with Crippen molar-refractivity contribution in [2.45, 2.75) is 6.54 Å². The maximum absolute atomic E-state index is 9.27. The Morgan fingerprint density at radius 1 is 1.08 bits per heavy atom. The van der Waals surface area contributed by atoms with Crippen LogP contribution in [0.3, 0.4) is 0 Å². The number of pyridine rings is 1. The first-order chi connectivity index (χ1) is 11.8. The van der Waals surface area contributed by atoms with Gasteiger partial charge in [0.15, 0.2) is 0 Å². The third-order valence-corrected chi connectivity index (χ3v) is 5.27. The van der Waals surface area contributed by atoms with E-state index in [0.29, 0.717) is 0 Å². The molecule has 0 aliphatic carbocycles. The van der Waals surface area contributed by atoms with Crippen LogP contribution >= 0.6 is 11.3 Å². The lowest BCUT2D eigenvalue weighted by molar-refractivity contribution is 0.249. The van der Waals surface area contributed by atoms with E-state index in [4.69, 9.17) is 0 Å². The molecular weight excluding hydrogens is 318 g/mol. The minimum Gasteiger partial charge on any atom is -0.368 e. The molecule has 5 nitrogen and oxygen atoms in total. The van der Waals surface area contributed by atoms with Crippen molar-refractivity contribution in [3.05, 3.63) is 53.2 Å². The summed E-state index contributed by atoms with van der Waals surface area (Å²) >= 11 is 1.67. The third kappa shape index (κ3) is 2.96. The van der Waals surface area contributed by atoms with Gasteiger partial charge in [0.1, 0.15) is 21.4 Å². The molecule has 3 aromatic rings. The van der Waals surface area contributed by atoms with E-state index in [9.17, 15) is 5.26 Å². The van der Waals surface area contributed by atoms with Crippen LogP contribution in [0.1, 0.15) is 10.6 Å². The normalized spacial score (nSPS) is 15.5. The van der Waals surface area contributed by atoms with Crippen molar-refractivity contribution in [1.29, 1.82) is 5.26 Å². The van der Waals surface area contributed by atoms with E-state index >= 15 is 0 Å². The molecule has 3 heterocycles. The van der Waals surface area contributed by atoms with Gasteiger partial charge in [-0.2, -0.15) is 5.26 Å². The highest BCUT2D eigenvalue weighted by Crippen LogP contribution is 2.23. The van der Waals surface area contributed by atoms with Crippen molar-refractivity contribution >= 4 is 27.4 Å². The lowest BCUT2D eigenvalue weighted by Gasteiger charge is -2.36. The zero-order chi connectivity index (χ0) is 16.4. The van der Waals surface area contributed by atoms with Gasteiger partial charge in [0.2, 0.25) is 0 Å². The van der Waals surface area contributed by atoms with Crippen LogP contribution in [0.5, 0.6) is 0 Å². The Bertz CT molecular complexity index is 857. The molecule has 0 unspecified atom stereocenters. The van der Waals surface area contributed by atoms with Gasteiger partial charge in [-0.1, -0.05) is 23.5 Å². The van der Waals surface area contributed by atoms with E-state index in [1.165, 1.54) is 0 Å². The van der Waals surface area contributed by atoms with Crippen molar-refractivity contribution in [2.75, 3.05) is 31.1 Å². The molecule has 0 amide bonds. The molecule has 0 spiro atoms. The molecule has 4 rings (SSSR count). The van der Waals surface area contributed by atoms with Crippen LogP contribution in [0.2, 0.25) is 0 Å². The zero-order valence-electron chi connectivity index (χ0n) is 13.2. The van der Waals surface area contributed by atoms with Crippen molar-refractivity contribution in [3.63, 3.8) is 0 Å². The summed E-state index contributed by atoms with van der Waals surface area (Å²) in [6, 6.07) is 14.1. The van der Waals surface area contributed by atoms with Crippen molar-refractivity contribution in [3.8, 4) is 6.07 Å². The summed E-state index contributed by atoms with van der Waals surface area (Å²) < 4.78 is 0. The van der Waals surface area contributed by atoms with Gasteiger partial charge in [0.25, 0.3) is 0 Å². The molecule has 0 N–H and O–H groups in total. The van der Waals surface area contributed by atoms with Crippen LogP contribution < -0.4 is 4.90 Å². The highest BCUT2D eigenvalue weighted by atomic mass is 32.1. The van der Waals surface area contributed by atoms with Crippen LogP contribution in [-0.2, 0) is 6.54 Å². The molecule has 1 aliphatic heterocycles. The number of hydrogen-bond donors (Lipinski definition) is 0. The van der Waals surface area contributed by atoms with Gasteiger partial charge in [-0.3, -0.25) is 4.90 Å². The summed E-state index contributed by atoms with van der Waals surface area (Å²) in [4.78, 5) is 14.8. The van der Waals surface area contributed by atoms with Crippen LogP contribution in [0.4, 0.5) is 5.69 Å². The Balaban J connectivity index is 1.42. The minimum atomic E-state index is 0.753. The number of piperazine rings is 1. The van der Waals surface area contributed by atoms with Crippen molar-refractivity contribution < 1.29 is 0 Å². The van der Waals surface area contributed by atoms with Crippen molar-refractivity contribution in [1.82, 2.24) is 14.9 Å². The molecule has 0 atom stereocenters. The highest BCUT2D eigenvalue weighted by Gasteiger charge is 2.20. The Hall–Kier alpha value is -2.49. The molecule has 0 radical (unpaired) electrons. The Labute approximate surface area is 144 Å². The first-order valence-electron chi connectivity index (χ1n) is 8.00. The number of nitrogens with zero attached hydrogens (tertiary/aromatic N) is 5. The number of aromatic nitrogens is 2. The number of nitriles is 1. The van der Waals surface area contributed by atoms with E-state index in [-0.39, 0.29) is 0 Å². The van der Waals surface area contributed by atoms with Gasteiger partial charge in [0.05, 0.1) is 17.8 Å². The number of hydrogen-bond acceptors (Lipinski definition) is 6. The number of rotatable bonds is 3. The van der Waals surface area contributed by atoms with E-state index in [1.807, 2.05) is 42.6 Å². The van der Waals surface area contributed by atoms with Gasteiger partial charge < -0.3 is 4.90 Å². The molecule has 0 saturated carbocycles. The van der Waals surface area contributed by atoms with Gasteiger partial charge >= 0.3 is 0 Å². The quantitative estimate of drug-likeness (QED) is 0.737. The Kier molecular flexibility index (Phi) is 4.11. The average Bonchev–Trinajstić information content (AvgIpc) is 3.04. The fourth-order valence-corrected chi connectivity index (χ4v) is 4.01. The molecule has 2 aromatic heterocycles. The molecule has 24 heavy (non-hydrogen) atoms. The summed E-state index contributed by atoms with van der Waals surface area (Å²) in [5, 5.41) is 10.4. The first-order valence-corrected chi connectivity index (χ1v) is 8.82. The molecule has 0 bridgehead atoms. The summed E-state index contributed by atoms with van der Waals surface area (Å²) in [5.41, 5.74) is 2.78. The molecule has 120 valence electrons.